The molecule has 1 aliphatic rings. The quantitative estimate of drug-likeness (QED) is 0.588. The van der Waals surface area contributed by atoms with Crippen molar-refractivity contribution < 1.29 is 4.79 Å². The number of carbonyl (C=O) groups excluding carboxylic acids is 1. The summed E-state index contributed by atoms with van der Waals surface area (Å²) < 4.78 is 0. The molecule has 0 aromatic carbocycles. The number of hydrogen-bond acceptors (Lipinski definition) is 3. The van der Waals surface area contributed by atoms with Crippen LogP contribution in [0.25, 0.3) is 0 Å². The van der Waals surface area contributed by atoms with Crippen molar-refractivity contribution in [3.8, 4) is 0 Å². The number of ketones is 1. The summed E-state index contributed by atoms with van der Waals surface area (Å²) in [5, 5.41) is 0. The van der Waals surface area contributed by atoms with E-state index in [4.69, 9.17) is 0 Å². The average molecular weight is 190 g/mol. The summed E-state index contributed by atoms with van der Waals surface area (Å²) in [6.07, 6.45) is 3.62. The molecule has 1 aromatic rings. The first-order chi connectivity index (χ1) is 6.68. The molecular weight excluding hydrogens is 176 g/mol. The largest absolute Gasteiger partial charge is 0.294 e. The molecule has 3 nitrogen and oxygen atoms in total. The van der Waals surface area contributed by atoms with Gasteiger partial charge >= 0.3 is 0 Å². The van der Waals surface area contributed by atoms with Crippen molar-refractivity contribution in [3.05, 3.63) is 22.8 Å². The van der Waals surface area contributed by atoms with Crippen molar-refractivity contribution in [1.82, 2.24) is 9.97 Å². The fourth-order valence-electron chi connectivity index (χ4n) is 2.03. The molecule has 0 aliphatic heterocycles. The lowest BCUT2D eigenvalue weighted by Gasteiger charge is -2.07. The standard InChI is InChI=1S/C11H14N2O/c1-7-11-9(13-8(2)12-7)5-3-4-6-10(11)14/h3-6H2,1-2H3. The molecule has 0 radical (unpaired) electrons. The van der Waals surface area contributed by atoms with Crippen molar-refractivity contribution in [2.24, 2.45) is 0 Å². The van der Waals surface area contributed by atoms with E-state index in [0.29, 0.717) is 6.42 Å². The van der Waals surface area contributed by atoms with Crippen LogP contribution in [0.2, 0.25) is 0 Å². The van der Waals surface area contributed by atoms with Crippen LogP contribution in [0.4, 0.5) is 0 Å². The Kier molecular flexibility index (Phi) is 2.32. The van der Waals surface area contributed by atoms with E-state index in [0.717, 1.165) is 42.0 Å². The highest BCUT2D eigenvalue weighted by atomic mass is 16.1. The molecule has 0 spiro atoms. The zero-order valence-corrected chi connectivity index (χ0v) is 8.63. The molecule has 0 N–H and O–H groups in total. The zero-order valence-electron chi connectivity index (χ0n) is 8.63. The van der Waals surface area contributed by atoms with Gasteiger partial charge in [-0.3, -0.25) is 4.79 Å². The summed E-state index contributed by atoms with van der Waals surface area (Å²) in [6.45, 7) is 3.78. The van der Waals surface area contributed by atoms with Gasteiger partial charge in [-0.25, -0.2) is 9.97 Å². The summed E-state index contributed by atoms with van der Waals surface area (Å²) in [6, 6.07) is 0. The maximum atomic E-state index is 11.8. The topological polar surface area (TPSA) is 42.9 Å². The normalized spacial score (nSPS) is 16.3. The number of nitrogens with zero attached hydrogens (tertiary/aromatic N) is 2. The van der Waals surface area contributed by atoms with Gasteiger partial charge in [-0.15, -0.1) is 0 Å². The second kappa shape index (κ2) is 3.48. The van der Waals surface area contributed by atoms with Crippen molar-refractivity contribution >= 4 is 5.78 Å². The number of rotatable bonds is 0. The molecule has 1 aliphatic carbocycles. The fraction of sp³-hybridized carbons (Fsp3) is 0.545. The fourth-order valence-corrected chi connectivity index (χ4v) is 2.03. The van der Waals surface area contributed by atoms with Gasteiger partial charge in [-0.05, 0) is 33.1 Å². The van der Waals surface area contributed by atoms with Crippen molar-refractivity contribution in [1.29, 1.82) is 0 Å². The highest BCUT2D eigenvalue weighted by molar-refractivity contribution is 5.98. The maximum absolute atomic E-state index is 11.8. The number of aromatic nitrogens is 2. The number of hydrogen-bond donors (Lipinski definition) is 0. The number of carbonyl (C=O) groups is 1. The third kappa shape index (κ3) is 1.54. The molecule has 74 valence electrons. The van der Waals surface area contributed by atoms with Gasteiger partial charge in [0.15, 0.2) is 5.78 Å². The van der Waals surface area contributed by atoms with Gasteiger partial charge in [-0.2, -0.15) is 0 Å². The first kappa shape index (κ1) is 9.31. The molecule has 0 bridgehead atoms. The molecular formula is C11H14N2O. The third-order valence-corrected chi connectivity index (χ3v) is 2.62. The molecule has 0 saturated heterocycles. The van der Waals surface area contributed by atoms with Crippen LogP contribution < -0.4 is 0 Å². The van der Waals surface area contributed by atoms with Gasteiger partial charge in [0.2, 0.25) is 0 Å². The summed E-state index contributed by atoms with van der Waals surface area (Å²) >= 11 is 0. The SMILES string of the molecule is Cc1nc(C)c2c(n1)CCCCC2=O. The van der Waals surface area contributed by atoms with E-state index in [2.05, 4.69) is 9.97 Å². The monoisotopic (exact) mass is 190 g/mol. The highest BCUT2D eigenvalue weighted by Crippen LogP contribution is 2.20. The van der Waals surface area contributed by atoms with E-state index in [9.17, 15) is 4.79 Å². The molecule has 0 fully saturated rings. The van der Waals surface area contributed by atoms with E-state index < -0.39 is 0 Å². The Labute approximate surface area is 83.6 Å². The Hall–Kier alpha value is -1.25. The van der Waals surface area contributed by atoms with Gasteiger partial charge in [0.05, 0.1) is 17.0 Å². The molecule has 14 heavy (non-hydrogen) atoms. The maximum Gasteiger partial charge on any atom is 0.166 e. The van der Waals surface area contributed by atoms with Crippen LogP contribution in [0, 0.1) is 13.8 Å². The van der Waals surface area contributed by atoms with Crippen molar-refractivity contribution in [2.45, 2.75) is 39.5 Å². The van der Waals surface area contributed by atoms with E-state index in [1.54, 1.807) is 0 Å². The summed E-state index contributed by atoms with van der Waals surface area (Å²) in [7, 11) is 0. The lowest BCUT2D eigenvalue weighted by atomic mass is 10.1. The average Bonchev–Trinajstić information content (AvgIpc) is 2.27. The molecule has 0 amide bonds. The smallest absolute Gasteiger partial charge is 0.166 e. The predicted molar refractivity (Wildman–Crippen MR) is 53.4 cm³/mol. The van der Waals surface area contributed by atoms with Crippen molar-refractivity contribution in [2.75, 3.05) is 0 Å². The third-order valence-electron chi connectivity index (χ3n) is 2.62. The van der Waals surface area contributed by atoms with Crippen LogP contribution >= 0.6 is 0 Å². The van der Waals surface area contributed by atoms with Gasteiger partial charge in [0, 0.05) is 6.42 Å². The Bertz CT molecular complexity index is 385. The van der Waals surface area contributed by atoms with Gasteiger partial charge in [-0.1, -0.05) is 0 Å². The van der Waals surface area contributed by atoms with E-state index in [-0.39, 0.29) is 5.78 Å². The van der Waals surface area contributed by atoms with Crippen LogP contribution in [0.15, 0.2) is 0 Å². The molecule has 0 unspecified atom stereocenters. The van der Waals surface area contributed by atoms with Crippen LogP contribution in [0.5, 0.6) is 0 Å². The lowest BCUT2D eigenvalue weighted by molar-refractivity contribution is 0.0980. The summed E-state index contributed by atoms with van der Waals surface area (Å²) in [4.78, 5) is 20.4. The number of Topliss-reactive ketones (excluding diaryl/α,β-unsaturated/α-hetero) is 1. The van der Waals surface area contributed by atoms with Crippen LogP contribution in [0.1, 0.15) is 46.8 Å². The van der Waals surface area contributed by atoms with Crippen LogP contribution in [0.3, 0.4) is 0 Å². The molecule has 0 saturated carbocycles. The Morgan fingerprint density at radius 2 is 1.79 bits per heavy atom. The molecule has 2 rings (SSSR count). The zero-order chi connectivity index (χ0) is 10.1. The van der Waals surface area contributed by atoms with E-state index in [1.807, 2.05) is 13.8 Å². The van der Waals surface area contributed by atoms with E-state index >= 15 is 0 Å². The summed E-state index contributed by atoms with van der Waals surface area (Å²) in [5.74, 6) is 0.992. The minimum atomic E-state index is 0.218. The predicted octanol–water partition coefficient (Wildman–Crippen LogP) is 2.00. The Morgan fingerprint density at radius 3 is 2.57 bits per heavy atom. The second-order valence-electron chi connectivity index (χ2n) is 3.81. The summed E-state index contributed by atoms with van der Waals surface area (Å²) in [5.41, 5.74) is 2.59. The Morgan fingerprint density at radius 1 is 1.07 bits per heavy atom. The second-order valence-corrected chi connectivity index (χ2v) is 3.81. The minimum Gasteiger partial charge on any atom is -0.294 e. The molecule has 3 heteroatoms. The molecule has 0 atom stereocenters. The number of fused-ring (bicyclic) bond motifs is 1. The van der Waals surface area contributed by atoms with Gasteiger partial charge < -0.3 is 0 Å². The minimum absolute atomic E-state index is 0.218. The highest BCUT2D eigenvalue weighted by Gasteiger charge is 2.19. The molecule has 1 aromatic heterocycles. The number of aryl methyl sites for hydroxylation is 3. The first-order valence-electron chi connectivity index (χ1n) is 5.06. The van der Waals surface area contributed by atoms with Crippen molar-refractivity contribution in [3.63, 3.8) is 0 Å². The van der Waals surface area contributed by atoms with Gasteiger partial charge in [0.1, 0.15) is 5.82 Å². The van der Waals surface area contributed by atoms with Crippen LogP contribution in [-0.2, 0) is 6.42 Å². The van der Waals surface area contributed by atoms with Gasteiger partial charge in [0.25, 0.3) is 0 Å². The van der Waals surface area contributed by atoms with Crippen LogP contribution in [-0.4, -0.2) is 15.8 Å². The van der Waals surface area contributed by atoms with E-state index in [1.165, 1.54) is 0 Å². The molecule has 1 heterocycles. The first-order valence-corrected chi connectivity index (χ1v) is 5.06. The Balaban J connectivity index is 2.58. The lowest BCUT2D eigenvalue weighted by Crippen LogP contribution is -2.09.